The Kier molecular flexibility index (Phi) is 3.38. The zero-order valence-electron chi connectivity index (χ0n) is 11.4. The molecule has 0 bridgehead atoms. The lowest BCUT2D eigenvalue weighted by Crippen LogP contribution is -2.47. The van der Waals surface area contributed by atoms with Gasteiger partial charge in [-0.25, -0.2) is 4.98 Å². The van der Waals surface area contributed by atoms with Gasteiger partial charge >= 0.3 is 0 Å². The van der Waals surface area contributed by atoms with Gasteiger partial charge in [-0.2, -0.15) is 0 Å². The fraction of sp³-hybridized carbons (Fsp3) is 0.438. The van der Waals surface area contributed by atoms with Crippen LogP contribution in [0, 0.1) is 5.92 Å². The molecule has 2 unspecified atom stereocenters. The van der Waals surface area contributed by atoms with Crippen LogP contribution in [0.15, 0.2) is 36.5 Å². The monoisotopic (exact) mass is 255 g/mol. The first-order valence-electron chi connectivity index (χ1n) is 7.14. The van der Waals surface area contributed by atoms with Gasteiger partial charge in [0.1, 0.15) is 5.82 Å². The molecule has 1 aliphatic heterocycles. The summed E-state index contributed by atoms with van der Waals surface area (Å²) in [7, 11) is 0. The van der Waals surface area contributed by atoms with Crippen molar-refractivity contribution in [1.29, 1.82) is 0 Å². The van der Waals surface area contributed by atoms with Gasteiger partial charge in [-0.15, -0.1) is 0 Å². The van der Waals surface area contributed by atoms with Crippen molar-refractivity contribution < 1.29 is 0 Å². The zero-order chi connectivity index (χ0) is 13.2. The predicted octanol–water partition coefficient (Wildman–Crippen LogP) is 2.80. The van der Waals surface area contributed by atoms with E-state index >= 15 is 0 Å². The number of pyridine rings is 1. The Morgan fingerprint density at radius 3 is 3.00 bits per heavy atom. The first-order valence-corrected chi connectivity index (χ1v) is 7.14. The van der Waals surface area contributed by atoms with E-state index in [4.69, 9.17) is 5.73 Å². The molecule has 0 radical (unpaired) electrons. The molecular weight excluding hydrogens is 234 g/mol. The molecule has 2 atom stereocenters. The summed E-state index contributed by atoms with van der Waals surface area (Å²) in [6.45, 7) is 4.27. The lowest BCUT2D eigenvalue weighted by atomic mass is 9.90. The van der Waals surface area contributed by atoms with Crippen molar-refractivity contribution in [2.75, 3.05) is 18.0 Å². The molecule has 3 nitrogen and oxygen atoms in total. The maximum atomic E-state index is 6.20. The van der Waals surface area contributed by atoms with Crippen molar-refractivity contribution in [3.8, 4) is 0 Å². The van der Waals surface area contributed by atoms with Crippen LogP contribution in [0.25, 0.3) is 10.8 Å². The summed E-state index contributed by atoms with van der Waals surface area (Å²) in [4.78, 5) is 7.01. The predicted molar refractivity (Wildman–Crippen MR) is 80.3 cm³/mol. The lowest BCUT2D eigenvalue weighted by Gasteiger charge is -2.37. The first kappa shape index (κ1) is 12.4. The average Bonchev–Trinajstić information content (AvgIpc) is 2.47. The summed E-state index contributed by atoms with van der Waals surface area (Å²) in [5.74, 6) is 1.69. The fourth-order valence-electron chi connectivity index (χ4n) is 3.03. The van der Waals surface area contributed by atoms with E-state index in [9.17, 15) is 0 Å². The van der Waals surface area contributed by atoms with Crippen LogP contribution < -0.4 is 10.6 Å². The molecule has 3 heteroatoms. The van der Waals surface area contributed by atoms with E-state index in [1.807, 2.05) is 6.20 Å². The summed E-state index contributed by atoms with van der Waals surface area (Å²) >= 11 is 0. The van der Waals surface area contributed by atoms with Crippen LogP contribution in [0.3, 0.4) is 0 Å². The van der Waals surface area contributed by atoms with Gasteiger partial charge in [0.05, 0.1) is 0 Å². The highest BCUT2D eigenvalue weighted by Gasteiger charge is 2.26. The van der Waals surface area contributed by atoms with E-state index in [-0.39, 0.29) is 0 Å². The smallest absolute Gasteiger partial charge is 0.136 e. The molecule has 0 amide bonds. The van der Waals surface area contributed by atoms with Gasteiger partial charge in [0.25, 0.3) is 0 Å². The Balaban J connectivity index is 1.96. The third-order valence-electron chi connectivity index (χ3n) is 4.27. The van der Waals surface area contributed by atoms with E-state index in [2.05, 4.69) is 47.1 Å². The highest BCUT2D eigenvalue weighted by atomic mass is 15.2. The molecule has 1 saturated heterocycles. The third-order valence-corrected chi connectivity index (χ3v) is 4.27. The molecule has 2 aromatic rings. The third kappa shape index (κ3) is 2.30. The van der Waals surface area contributed by atoms with Crippen LogP contribution in [0.5, 0.6) is 0 Å². The molecular formula is C16H21N3. The largest absolute Gasteiger partial charge is 0.356 e. The number of nitrogens with two attached hydrogens (primary N) is 1. The topological polar surface area (TPSA) is 42.2 Å². The van der Waals surface area contributed by atoms with Crippen LogP contribution in [0.4, 0.5) is 5.82 Å². The number of fused-ring (bicyclic) bond motifs is 1. The molecule has 1 aliphatic rings. The van der Waals surface area contributed by atoms with Crippen LogP contribution in [-0.4, -0.2) is 24.1 Å². The van der Waals surface area contributed by atoms with Crippen molar-refractivity contribution in [2.24, 2.45) is 11.7 Å². The summed E-state index contributed by atoms with van der Waals surface area (Å²) in [6, 6.07) is 10.9. The summed E-state index contributed by atoms with van der Waals surface area (Å²) in [6.07, 6.45) is 4.11. The molecule has 0 aliphatic carbocycles. The zero-order valence-corrected chi connectivity index (χ0v) is 11.4. The van der Waals surface area contributed by atoms with Crippen LogP contribution in [-0.2, 0) is 0 Å². The second kappa shape index (κ2) is 5.17. The summed E-state index contributed by atoms with van der Waals surface area (Å²) in [5, 5.41) is 2.51. The summed E-state index contributed by atoms with van der Waals surface area (Å²) < 4.78 is 0. The Morgan fingerprint density at radius 1 is 1.32 bits per heavy atom. The van der Waals surface area contributed by atoms with Crippen molar-refractivity contribution in [2.45, 2.75) is 25.8 Å². The molecule has 0 saturated carbocycles. The molecule has 100 valence electrons. The maximum Gasteiger partial charge on any atom is 0.136 e. The first-order chi connectivity index (χ1) is 9.29. The molecule has 2 heterocycles. The van der Waals surface area contributed by atoms with Crippen LogP contribution in [0.2, 0.25) is 0 Å². The minimum atomic E-state index is 0.344. The second-order valence-electron chi connectivity index (χ2n) is 5.42. The quantitative estimate of drug-likeness (QED) is 0.897. The lowest BCUT2D eigenvalue weighted by molar-refractivity contribution is 0.347. The van der Waals surface area contributed by atoms with Gasteiger partial charge in [0.15, 0.2) is 0 Å². The number of aromatic nitrogens is 1. The molecule has 2 N–H and O–H groups in total. The van der Waals surface area contributed by atoms with E-state index in [0.717, 1.165) is 31.7 Å². The fourth-order valence-corrected chi connectivity index (χ4v) is 3.03. The van der Waals surface area contributed by atoms with Gasteiger partial charge < -0.3 is 10.6 Å². The number of nitrogens with zero attached hydrogens (tertiary/aromatic N) is 2. The minimum Gasteiger partial charge on any atom is -0.356 e. The van der Waals surface area contributed by atoms with Crippen molar-refractivity contribution in [3.63, 3.8) is 0 Å². The number of rotatable bonds is 2. The Morgan fingerprint density at radius 2 is 2.16 bits per heavy atom. The normalized spacial score (nSPS) is 23.8. The maximum absolute atomic E-state index is 6.20. The van der Waals surface area contributed by atoms with E-state index in [0.29, 0.717) is 12.0 Å². The number of hydrogen-bond acceptors (Lipinski definition) is 3. The highest BCUT2D eigenvalue weighted by molar-refractivity contribution is 5.92. The second-order valence-corrected chi connectivity index (χ2v) is 5.42. The van der Waals surface area contributed by atoms with Gasteiger partial charge in [-0.3, -0.25) is 0 Å². The SMILES string of the molecule is CCC1CN(c2nccc3ccccc23)CCC1N. The number of piperidine rings is 1. The highest BCUT2D eigenvalue weighted by Crippen LogP contribution is 2.28. The van der Waals surface area contributed by atoms with Gasteiger partial charge in [0.2, 0.25) is 0 Å². The van der Waals surface area contributed by atoms with Crippen LogP contribution >= 0.6 is 0 Å². The molecule has 19 heavy (non-hydrogen) atoms. The number of benzene rings is 1. The molecule has 1 fully saturated rings. The van der Waals surface area contributed by atoms with Crippen LogP contribution in [0.1, 0.15) is 19.8 Å². The Bertz CT molecular complexity index is 561. The van der Waals surface area contributed by atoms with Crippen molar-refractivity contribution >= 4 is 16.6 Å². The van der Waals surface area contributed by atoms with Gasteiger partial charge in [-0.05, 0) is 23.8 Å². The Hall–Kier alpha value is -1.61. The summed E-state index contributed by atoms with van der Waals surface area (Å²) in [5.41, 5.74) is 6.20. The van der Waals surface area contributed by atoms with E-state index < -0.39 is 0 Å². The van der Waals surface area contributed by atoms with E-state index in [1.54, 1.807) is 0 Å². The standard InChI is InChI=1S/C16H21N3/c1-2-12-11-19(10-8-15(12)17)16-14-6-4-3-5-13(14)7-9-18-16/h3-7,9,12,15H,2,8,10-11,17H2,1H3. The van der Waals surface area contributed by atoms with Gasteiger partial charge in [-0.1, -0.05) is 37.6 Å². The Labute approximate surface area is 114 Å². The average molecular weight is 255 g/mol. The number of hydrogen-bond donors (Lipinski definition) is 1. The number of anilines is 1. The molecule has 3 rings (SSSR count). The molecule has 1 aromatic carbocycles. The van der Waals surface area contributed by atoms with Crippen molar-refractivity contribution in [3.05, 3.63) is 36.5 Å². The molecule has 1 aromatic heterocycles. The molecule has 0 spiro atoms. The van der Waals surface area contributed by atoms with Crippen molar-refractivity contribution in [1.82, 2.24) is 4.98 Å². The minimum absolute atomic E-state index is 0.344. The van der Waals surface area contributed by atoms with E-state index in [1.165, 1.54) is 10.8 Å². The van der Waals surface area contributed by atoms with Gasteiger partial charge in [0, 0.05) is 30.7 Å².